The molecular weight excluding hydrogens is 167 g/mol. The zero-order valence-corrected chi connectivity index (χ0v) is 7.46. The third-order valence-electron chi connectivity index (χ3n) is 2.42. The molecule has 0 spiro atoms. The summed E-state index contributed by atoms with van der Waals surface area (Å²) in [5.74, 6) is -0.264. The highest BCUT2D eigenvalue weighted by atomic mass is 19.1. The number of piperidine rings is 1. The lowest BCUT2D eigenvalue weighted by atomic mass is 10.0. The summed E-state index contributed by atoms with van der Waals surface area (Å²) in [7, 11) is 0. The fraction of sp³-hybridized carbons (Fsp3) is 0.500. The number of halogens is 1. The maximum atomic E-state index is 12.6. The number of rotatable bonds is 1. The van der Waals surface area contributed by atoms with E-state index in [9.17, 15) is 4.39 Å². The van der Waals surface area contributed by atoms with Crippen LogP contribution < -0.4 is 5.32 Å². The minimum Gasteiger partial charge on any atom is -0.309 e. The molecule has 0 aromatic carbocycles. The van der Waals surface area contributed by atoms with E-state index in [2.05, 4.69) is 10.3 Å². The van der Waals surface area contributed by atoms with E-state index >= 15 is 0 Å². The lowest BCUT2D eigenvalue weighted by molar-refractivity contribution is 0.404. The fourth-order valence-corrected chi connectivity index (χ4v) is 1.70. The molecule has 1 fully saturated rings. The van der Waals surface area contributed by atoms with Crippen molar-refractivity contribution in [3.05, 3.63) is 29.8 Å². The molecule has 0 aliphatic carbocycles. The van der Waals surface area contributed by atoms with Gasteiger partial charge >= 0.3 is 0 Å². The second-order valence-electron chi connectivity index (χ2n) is 3.40. The number of hydrogen-bond acceptors (Lipinski definition) is 2. The number of pyridine rings is 1. The zero-order valence-electron chi connectivity index (χ0n) is 7.46. The van der Waals surface area contributed by atoms with Crippen LogP contribution in [-0.4, -0.2) is 11.5 Å². The molecule has 1 aliphatic heterocycles. The van der Waals surface area contributed by atoms with Crippen molar-refractivity contribution in [3.8, 4) is 0 Å². The number of nitrogens with zero attached hydrogens (tertiary/aromatic N) is 1. The number of aromatic nitrogens is 1. The molecule has 2 rings (SSSR count). The fourth-order valence-electron chi connectivity index (χ4n) is 1.70. The van der Waals surface area contributed by atoms with Crippen molar-refractivity contribution < 1.29 is 4.39 Å². The molecule has 0 radical (unpaired) electrons. The Bertz CT molecular complexity index is 265. The smallest absolute Gasteiger partial charge is 0.141 e. The third-order valence-corrected chi connectivity index (χ3v) is 2.42. The largest absolute Gasteiger partial charge is 0.309 e. The minimum atomic E-state index is -0.264. The van der Waals surface area contributed by atoms with Gasteiger partial charge in [-0.25, -0.2) is 4.39 Å². The summed E-state index contributed by atoms with van der Waals surface area (Å²) in [5, 5.41) is 3.37. The summed E-state index contributed by atoms with van der Waals surface area (Å²) >= 11 is 0. The van der Waals surface area contributed by atoms with Gasteiger partial charge in [0.05, 0.1) is 11.9 Å². The molecule has 2 nitrogen and oxygen atoms in total. The predicted octanol–water partition coefficient (Wildman–Crippen LogP) is 2.04. The van der Waals surface area contributed by atoms with Gasteiger partial charge in [-0.1, -0.05) is 6.42 Å². The van der Waals surface area contributed by atoms with Crippen LogP contribution in [0.4, 0.5) is 4.39 Å². The van der Waals surface area contributed by atoms with E-state index in [0.717, 1.165) is 18.7 Å². The SMILES string of the molecule is Fc1ccc([C@@H]2CCCCN2)nc1. The Hall–Kier alpha value is -0.960. The first kappa shape index (κ1) is 8.63. The molecule has 0 saturated carbocycles. The Labute approximate surface area is 77.2 Å². The lowest BCUT2D eigenvalue weighted by Crippen LogP contribution is -2.27. The van der Waals surface area contributed by atoms with Crippen molar-refractivity contribution in [2.45, 2.75) is 25.3 Å². The summed E-state index contributed by atoms with van der Waals surface area (Å²) in [4.78, 5) is 4.06. The van der Waals surface area contributed by atoms with Gasteiger partial charge in [0.2, 0.25) is 0 Å². The molecule has 0 amide bonds. The van der Waals surface area contributed by atoms with Crippen LogP contribution in [0.5, 0.6) is 0 Å². The summed E-state index contributed by atoms with van der Waals surface area (Å²) < 4.78 is 12.6. The molecule has 13 heavy (non-hydrogen) atoms. The Morgan fingerprint density at radius 2 is 2.31 bits per heavy atom. The molecule has 0 unspecified atom stereocenters. The monoisotopic (exact) mass is 180 g/mol. The summed E-state index contributed by atoms with van der Waals surface area (Å²) in [6.45, 7) is 1.05. The molecule has 2 heterocycles. The van der Waals surface area contributed by atoms with E-state index in [4.69, 9.17) is 0 Å². The van der Waals surface area contributed by atoms with Crippen molar-refractivity contribution in [2.75, 3.05) is 6.54 Å². The first-order valence-corrected chi connectivity index (χ1v) is 4.71. The van der Waals surface area contributed by atoms with Crippen LogP contribution in [0.1, 0.15) is 31.0 Å². The Kier molecular flexibility index (Phi) is 2.54. The van der Waals surface area contributed by atoms with Gasteiger partial charge < -0.3 is 5.32 Å². The van der Waals surface area contributed by atoms with Crippen LogP contribution in [0.2, 0.25) is 0 Å². The van der Waals surface area contributed by atoms with Crippen LogP contribution in [0, 0.1) is 5.82 Å². The highest BCUT2D eigenvalue weighted by Crippen LogP contribution is 2.20. The van der Waals surface area contributed by atoms with Gasteiger partial charge in [-0.2, -0.15) is 0 Å². The zero-order chi connectivity index (χ0) is 9.10. The number of nitrogens with one attached hydrogen (secondary N) is 1. The molecule has 1 saturated heterocycles. The molecular formula is C10H13FN2. The van der Waals surface area contributed by atoms with E-state index in [1.165, 1.54) is 25.1 Å². The van der Waals surface area contributed by atoms with E-state index in [-0.39, 0.29) is 5.82 Å². The molecule has 1 aromatic rings. The average molecular weight is 180 g/mol. The summed E-state index contributed by atoms with van der Waals surface area (Å²) in [6.07, 6.45) is 4.86. The maximum Gasteiger partial charge on any atom is 0.141 e. The molecule has 1 aliphatic rings. The van der Waals surface area contributed by atoms with Crippen molar-refractivity contribution in [3.63, 3.8) is 0 Å². The van der Waals surface area contributed by atoms with Crippen molar-refractivity contribution in [1.29, 1.82) is 0 Å². The summed E-state index contributed by atoms with van der Waals surface area (Å²) in [6, 6.07) is 3.56. The van der Waals surface area contributed by atoms with Gasteiger partial charge in [0.25, 0.3) is 0 Å². The second kappa shape index (κ2) is 3.83. The van der Waals surface area contributed by atoms with Gasteiger partial charge in [-0.3, -0.25) is 4.98 Å². The molecule has 1 aromatic heterocycles. The molecule has 3 heteroatoms. The molecule has 70 valence electrons. The van der Waals surface area contributed by atoms with E-state index in [1.54, 1.807) is 6.07 Å². The topological polar surface area (TPSA) is 24.9 Å². The van der Waals surface area contributed by atoms with Crippen LogP contribution in [0.25, 0.3) is 0 Å². The Morgan fingerprint density at radius 3 is 2.92 bits per heavy atom. The highest BCUT2D eigenvalue weighted by molar-refractivity contribution is 5.10. The van der Waals surface area contributed by atoms with Crippen LogP contribution in [-0.2, 0) is 0 Å². The van der Waals surface area contributed by atoms with E-state index in [1.807, 2.05) is 0 Å². The molecule has 0 bridgehead atoms. The average Bonchev–Trinajstić information content (AvgIpc) is 2.20. The van der Waals surface area contributed by atoms with Gasteiger partial charge in [0.15, 0.2) is 0 Å². The van der Waals surface area contributed by atoms with Crippen LogP contribution in [0.3, 0.4) is 0 Å². The minimum absolute atomic E-state index is 0.264. The first-order chi connectivity index (χ1) is 6.36. The third kappa shape index (κ3) is 2.04. The lowest BCUT2D eigenvalue weighted by Gasteiger charge is -2.22. The quantitative estimate of drug-likeness (QED) is 0.715. The van der Waals surface area contributed by atoms with Gasteiger partial charge in [-0.05, 0) is 31.5 Å². The predicted molar refractivity (Wildman–Crippen MR) is 48.8 cm³/mol. The van der Waals surface area contributed by atoms with Gasteiger partial charge in [-0.15, -0.1) is 0 Å². The maximum absolute atomic E-state index is 12.6. The highest BCUT2D eigenvalue weighted by Gasteiger charge is 2.15. The standard InChI is InChI=1S/C10H13FN2/c11-8-4-5-10(13-7-8)9-3-1-2-6-12-9/h4-5,7,9,12H,1-3,6H2/t9-/m0/s1. The van der Waals surface area contributed by atoms with Crippen molar-refractivity contribution in [2.24, 2.45) is 0 Å². The molecule has 1 N–H and O–H groups in total. The van der Waals surface area contributed by atoms with Crippen LogP contribution >= 0.6 is 0 Å². The normalized spacial score (nSPS) is 23.0. The molecule has 1 atom stereocenters. The van der Waals surface area contributed by atoms with Crippen molar-refractivity contribution in [1.82, 2.24) is 10.3 Å². The Morgan fingerprint density at radius 1 is 1.38 bits per heavy atom. The second-order valence-corrected chi connectivity index (χ2v) is 3.40. The van der Waals surface area contributed by atoms with Gasteiger partial charge in [0.1, 0.15) is 5.82 Å². The van der Waals surface area contributed by atoms with E-state index < -0.39 is 0 Å². The Balaban J connectivity index is 2.10. The van der Waals surface area contributed by atoms with Crippen molar-refractivity contribution >= 4 is 0 Å². The van der Waals surface area contributed by atoms with E-state index in [0.29, 0.717) is 6.04 Å². The van der Waals surface area contributed by atoms with Crippen LogP contribution in [0.15, 0.2) is 18.3 Å². The summed E-state index contributed by atoms with van der Waals surface area (Å²) in [5.41, 5.74) is 0.959. The number of hydrogen-bond donors (Lipinski definition) is 1. The first-order valence-electron chi connectivity index (χ1n) is 4.71. The van der Waals surface area contributed by atoms with Gasteiger partial charge in [0, 0.05) is 6.04 Å².